The van der Waals surface area contributed by atoms with E-state index in [0.29, 0.717) is 17.0 Å². The van der Waals surface area contributed by atoms with Crippen molar-refractivity contribution in [1.29, 1.82) is 0 Å². The number of furan rings is 2. The quantitative estimate of drug-likeness (QED) is 0.739. The van der Waals surface area contributed by atoms with Crippen LogP contribution in [-0.4, -0.2) is 11.8 Å². The molecule has 7 heteroatoms. The normalized spacial score (nSPS) is 10.4. The third-order valence-corrected chi connectivity index (χ3v) is 3.42. The van der Waals surface area contributed by atoms with Crippen molar-refractivity contribution >= 4 is 29.1 Å². The Labute approximate surface area is 142 Å². The molecule has 24 heavy (non-hydrogen) atoms. The lowest BCUT2D eigenvalue weighted by atomic mass is 10.1. The van der Waals surface area contributed by atoms with Crippen molar-refractivity contribution in [3.05, 3.63) is 77.1 Å². The van der Waals surface area contributed by atoms with Crippen LogP contribution in [0.2, 0.25) is 5.22 Å². The van der Waals surface area contributed by atoms with Gasteiger partial charge in [-0.05, 0) is 48.0 Å². The molecule has 0 radical (unpaired) electrons. The number of benzene rings is 1. The average molecular weight is 345 g/mol. The second-order valence-electron chi connectivity index (χ2n) is 4.87. The Morgan fingerprint density at radius 3 is 2.54 bits per heavy atom. The summed E-state index contributed by atoms with van der Waals surface area (Å²) in [6, 6.07) is 13.1. The molecule has 2 amide bonds. The Morgan fingerprint density at radius 2 is 1.83 bits per heavy atom. The summed E-state index contributed by atoms with van der Waals surface area (Å²) in [7, 11) is 0. The standard InChI is InChI=1S/C17H13ClN2O4/c18-15-8-7-14(24-15)17(22)20-13-6-2-1-5-12(13)16(21)19-10-11-4-3-9-23-11/h1-9H,10H2,(H,19,21)(H,20,22). The van der Waals surface area contributed by atoms with Crippen LogP contribution in [0.25, 0.3) is 0 Å². The van der Waals surface area contributed by atoms with E-state index in [1.807, 2.05) is 0 Å². The molecule has 0 aliphatic heterocycles. The number of carbonyl (C=O) groups excluding carboxylic acids is 2. The predicted octanol–water partition coefficient (Wildman–Crippen LogP) is 3.71. The lowest BCUT2D eigenvalue weighted by molar-refractivity contribution is 0.0949. The topological polar surface area (TPSA) is 84.5 Å². The molecule has 1 aromatic carbocycles. The van der Waals surface area contributed by atoms with Crippen molar-refractivity contribution in [1.82, 2.24) is 5.32 Å². The SMILES string of the molecule is O=C(Nc1ccccc1C(=O)NCc1ccco1)c1ccc(Cl)o1. The van der Waals surface area contributed by atoms with E-state index < -0.39 is 5.91 Å². The summed E-state index contributed by atoms with van der Waals surface area (Å²) in [6.07, 6.45) is 1.53. The number of anilines is 1. The van der Waals surface area contributed by atoms with Crippen molar-refractivity contribution in [2.24, 2.45) is 0 Å². The van der Waals surface area contributed by atoms with Gasteiger partial charge in [-0.1, -0.05) is 12.1 Å². The first-order chi connectivity index (χ1) is 11.6. The Balaban J connectivity index is 1.72. The van der Waals surface area contributed by atoms with Crippen LogP contribution in [0.1, 0.15) is 26.7 Å². The maximum absolute atomic E-state index is 12.3. The van der Waals surface area contributed by atoms with Crippen LogP contribution >= 0.6 is 11.6 Å². The third kappa shape index (κ3) is 3.67. The first kappa shape index (κ1) is 15.9. The molecule has 0 fully saturated rings. The molecule has 0 aliphatic rings. The summed E-state index contributed by atoms with van der Waals surface area (Å²) < 4.78 is 10.2. The van der Waals surface area contributed by atoms with Gasteiger partial charge in [0.2, 0.25) is 0 Å². The van der Waals surface area contributed by atoms with Crippen molar-refractivity contribution in [2.75, 3.05) is 5.32 Å². The van der Waals surface area contributed by atoms with Gasteiger partial charge in [-0.25, -0.2) is 0 Å². The minimum atomic E-state index is -0.492. The van der Waals surface area contributed by atoms with Crippen LogP contribution in [0.4, 0.5) is 5.69 Å². The van der Waals surface area contributed by atoms with Gasteiger partial charge in [-0.2, -0.15) is 0 Å². The zero-order chi connectivity index (χ0) is 16.9. The number of rotatable bonds is 5. The van der Waals surface area contributed by atoms with Gasteiger partial charge < -0.3 is 19.5 Å². The zero-order valence-electron chi connectivity index (χ0n) is 12.4. The predicted molar refractivity (Wildman–Crippen MR) is 88.0 cm³/mol. The van der Waals surface area contributed by atoms with Crippen LogP contribution in [0.5, 0.6) is 0 Å². The Bertz CT molecular complexity index is 855. The summed E-state index contributed by atoms with van der Waals surface area (Å²) in [5, 5.41) is 5.48. The molecule has 2 aromatic heterocycles. The van der Waals surface area contributed by atoms with Crippen LogP contribution in [0.3, 0.4) is 0 Å². The van der Waals surface area contributed by atoms with Gasteiger partial charge in [0.15, 0.2) is 11.0 Å². The molecule has 122 valence electrons. The molecule has 0 aliphatic carbocycles. The molecule has 2 N–H and O–H groups in total. The fraction of sp³-hybridized carbons (Fsp3) is 0.0588. The van der Waals surface area contributed by atoms with Crippen molar-refractivity contribution in [2.45, 2.75) is 6.54 Å². The summed E-state index contributed by atoms with van der Waals surface area (Å²) in [5.41, 5.74) is 0.696. The van der Waals surface area contributed by atoms with E-state index in [2.05, 4.69) is 10.6 Å². The van der Waals surface area contributed by atoms with E-state index in [1.54, 1.807) is 36.4 Å². The van der Waals surface area contributed by atoms with Crippen molar-refractivity contribution in [3.63, 3.8) is 0 Å². The second kappa shape index (κ2) is 7.06. The van der Waals surface area contributed by atoms with E-state index in [0.717, 1.165) is 0 Å². The van der Waals surface area contributed by atoms with Gasteiger partial charge in [0, 0.05) is 0 Å². The fourth-order valence-electron chi connectivity index (χ4n) is 2.09. The van der Waals surface area contributed by atoms with E-state index >= 15 is 0 Å². The maximum atomic E-state index is 12.3. The monoisotopic (exact) mass is 344 g/mol. The molecule has 3 aromatic rings. The molecule has 3 rings (SSSR count). The highest BCUT2D eigenvalue weighted by Gasteiger charge is 2.16. The number of halogens is 1. The summed E-state index contributed by atoms with van der Waals surface area (Å²) in [5.74, 6) is -0.131. The number of hydrogen-bond acceptors (Lipinski definition) is 4. The van der Waals surface area contributed by atoms with Gasteiger partial charge in [0.25, 0.3) is 11.8 Å². The molecule has 0 unspecified atom stereocenters. The molecule has 2 heterocycles. The number of para-hydroxylation sites is 1. The maximum Gasteiger partial charge on any atom is 0.291 e. The molecule has 0 saturated heterocycles. The van der Waals surface area contributed by atoms with Crippen LogP contribution in [0.15, 0.2) is 63.6 Å². The van der Waals surface area contributed by atoms with Crippen LogP contribution in [0, 0.1) is 0 Å². The number of amides is 2. The first-order valence-electron chi connectivity index (χ1n) is 7.10. The van der Waals surface area contributed by atoms with E-state index in [4.69, 9.17) is 20.4 Å². The lowest BCUT2D eigenvalue weighted by Gasteiger charge is -2.10. The third-order valence-electron chi connectivity index (χ3n) is 3.22. The van der Waals surface area contributed by atoms with Gasteiger partial charge >= 0.3 is 0 Å². The van der Waals surface area contributed by atoms with E-state index in [1.165, 1.54) is 18.4 Å². The van der Waals surface area contributed by atoms with Gasteiger partial charge in [0.1, 0.15) is 5.76 Å². The number of nitrogens with one attached hydrogen (secondary N) is 2. The van der Waals surface area contributed by atoms with Crippen molar-refractivity contribution < 1.29 is 18.4 Å². The fourth-order valence-corrected chi connectivity index (χ4v) is 2.23. The molecule has 0 bridgehead atoms. The summed E-state index contributed by atoms with van der Waals surface area (Å²) in [6.45, 7) is 0.252. The van der Waals surface area contributed by atoms with Crippen molar-refractivity contribution in [3.8, 4) is 0 Å². The molecule has 0 spiro atoms. The number of carbonyl (C=O) groups is 2. The lowest BCUT2D eigenvalue weighted by Crippen LogP contribution is -2.24. The summed E-state index contributed by atoms with van der Waals surface area (Å²) >= 11 is 5.66. The Kier molecular flexibility index (Phi) is 4.67. The van der Waals surface area contributed by atoms with Gasteiger partial charge in [0.05, 0.1) is 24.1 Å². The molecular weight excluding hydrogens is 332 g/mol. The minimum Gasteiger partial charge on any atom is -0.467 e. The van der Waals surface area contributed by atoms with Gasteiger partial charge in [-0.3, -0.25) is 9.59 Å². The average Bonchev–Trinajstić information content (AvgIpc) is 3.24. The smallest absolute Gasteiger partial charge is 0.291 e. The Hall–Kier alpha value is -2.99. The first-order valence-corrected chi connectivity index (χ1v) is 7.47. The minimum absolute atomic E-state index is 0.0609. The number of hydrogen-bond donors (Lipinski definition) is 2. The second-order valence-corrected chi connectivity index (χ2v) is 5.24. The highest BCUT2D eigenvalue weighted by atomic mass is 35.5. The molecule has 0 atom stereocenters. The van der Waals surface area contributed by atoms with E-state index in [-0.39, 0.29) is 23.4 Å². The van der Waals surface area contributed by atoms with Gasteiger partial charge in [-0.15, -0.1) is 0 Å². The molecular formula is C17H13ClN2O4. The zero-order valence-corrected chi connectivity index (χ0v) is 13.2. The molecule has 6 nitrogen and oxygen atoms in total. The Morgan fingerprint density at radius 1 is 1.00 bits per heavy atom. The van der Waals surface area contributed by atoms with Crippen LogP contribution in [-0.2, 0) is 6.54 Å². The summed E-state index contributed by atoms with van der Waals surface area (Å²) in [4.78, 5) is 24.5. The largest absolute Gasteiger partial charge is 0.467 e. The van der Waals surface area contributed by atoms with E-state index in [9.17, 15) is 9.59 Å². The highest BCUT2D eigenvalue weighted by molar-refractivity contribution is 6.29. The van der Waals surface area contributed by atoms with Crippen LogP contribution < -0.4 is 10.6 Å². The molecule has 0 saturated carbocycles. The highest BCUT2D eigenvalue weighted by Crippen LogP contribution is 2.18.